The fraction of sp³-hybridized carbons (Fsp3) is 0.154. The Hall–Kier alpha value is -4.46. The lowest BCUT2D eigenvalue weighted by Crippen LogP contribution is -2.06. The number of benzene rings is 2. The second kappa shape index (κ2) is 9.58. The maximum absolute atomic E-state index is 12.8. The zero-order chi connectivity index (χ0) is 24.2. The molecular formula is C26H24N4O4. The van der Waals surface area contributed by atoms with Gasteiger partial charge >= 0.3 is 5.69 Å². The minimum atomic E-state index is -0.415. The van der Waals surface area contributed by atoms with E-state index in [2.05, 4.69) is 5.10 Å². The van der Waals surface area contributed by atoms with Crippen molar-refractivity contribution < 1.29 is 14.5 Å². The van der Waals surface area contributed by atoms with Crippen molar-refractivity contribution in [3.8, 4) is 11.4 Å². The Labute approximate surface area is 196 Å². The molecule has 0 atom stereocenters. The molecule has 34 heavy (non-hydrogen) atoms. The van der Waals surface area contributed by atoms with Crippen LogP contribution in [0.2, 0.25) is 0 Å². The van der Waals surface area contributed by atoms with Gasteiger partial charge in [-0.3, -0.25) is 19.6 Å². The first-order chi connectivity index (χ1) is 16.4. The molecule has 2 aromatic heterocycles. The van der Waals surface area contributed by atoms with E-state index in [1.807, 2.05) is 65.5 Å². The first-order valence-corrected chi connectivity index (χ1v) is 10.7. The summed E-state index contributed by atoms with van der Waals surface area (Å²) < 4.78 is 9.01. The lowest BCUT2D eigenvalue weighted by atomic mass is 10.1. The average Bonchev–Trinajstić information content (AvgIpc) is 3.46. The topological polar surface area (TPSA) is 92.2 Å². The quantitative estimate of drug-likeness (QED) is 0.158. The number of carbonyl (C=O) groups excluding carboxylic acids is 1. The normalized spacial score (nSPS) is 11.1. The highest BCUT2D eigenvalue weighted by atomic mass is 16.6. The largest absolute Gasteiger partial charge is 0.496 e. The Kier molecular flexibility index (Phi) is 6.40. The Balaban J connectivity index is 1.58. The highest BCUT2D eigenvalue weighted by Crippen LogP contribution is 2.26. The first-order valence-electron chi connectivity index (χ1n) is 10.7. The van der Waals surface area contributed by atoms with Gasteiger partial charge in [0.25, 0.3) is 0 Å². The molecule has 0 unspecified atom stereocenters. The van der Waals surface area contributed by atoms with Crippen molar-refractivity contribution in [2.75, 3.05) is 7.11 Å². The molecule has 0 aliphatic carbocycles. The van der Waals surface area contributed by atoms with Gasteiger partial charge in [-0.25, -0.2) is 0 Å². The second-order valence-corrected chi connectivity index (χ2v) is 7.84. The zero-order valence-electron chi connectivity index (χ0n) is 19.1. The third-order valence-electron chi connectivity index (χ3n) is 5.61. The predicted octanol–water partition coefficient (Wildman–Crippen LogP) is 5.15. The number of ether oxygens (including phenoxy) is 1. The summed E-state index contributed by atoms with van der Waals surface area (Å²) in [6.45, 7) is 3.60. The van der Waals surface area contributed by atoms with Crippen molar-refractivity contribution in [2.45, 2.75) is 20.4 Å². The number of carbonyl (C=O) groups is 1. The second-order valence-electron chi connectivity index (χ2n) is 7.84. The standard InChI is InChI=1S/C26H24N4O4/c1-18-26(30(32)33)19(2)29(27-18)17-22-15-20(10-12-25(22)34-3)9-11-24(31)21-7-6-8-23(16-21)28-13-4-5-14-28/h4-16H,17H2,1-3H3/b11-9+. The van der Waals surface area contributed by atoms with Crippen LogP contribution >= 0.6 is 0 Å². The van der Waals surface area contributed by atoms with Gasteiger partial charge in [0.05, 0.1) is 18.6 Å². The summed E-state index contributed by atoms with van der Waals surface area (Å²) in [5, 5.41) is 15.6. The van der Waals surface area contributed by atoms with Crippen LogP contribution in [0.25, 0.3) is 11.8 Å². The van der Waals surface area contributed by atoms with E-state index in [4.69, 9.17) is 4.74 Å². The lowest BCUT2D eigenvalue weighted by molar-refractivity contribution is -0.386. The highest BCUT2D eigenvalue weighted by Gasteiger charge is 2.22. The Bertz CT molecular complexity index is 1380. The minimum Gasteiger partial charge on any atom is -0.496 e. The van der Waals surface area contributed by atoms with Crippen LogP contribution in [0, 0.1) is 24.0 Å². The number of nitrogens with zero attached hydrogens (tertiary/aromatic N) is 4. The van der Waals surface area contributed by atoms with E-state index in [1.54, 1.807) is 37.8 Å². The maximum Gasteiger partial charge on any atom is 0.312 e. The lowest BCUT2D eigenvalue weighted by Gasteiger charge is -2.11. The first kappa shape index (κ1) is 22.7. The Morgan fingerprint density at radius 3 is 2.56 bits per heavy atom. The summed E-state index contributed by atoms with van der Waals surface area (Å²) in [4.78, 5) is 23.7. The van der Waals surface area contributed by atoms with Gasteiger partial charge in [0.2, 0.25) is 0 Å². The van der Waals surface area contributed by atoms with Crippen LogP contribution in [0.4, 0.5) is 5.69 Å². The van der Waals surface area contributed by atoms with Crippen molar-refractivity contribution in [3.63, 3.8) is 0 Å². The molecule has 0 spiro atoms. The molecule has 4 rings (SSSR count). The monoisotopic (exact) mass is 456 g/mol. The number of aryl methyl sites for hydroxylation is 1. The maximum atomic E-state index is 12.8. The summed E-state index contributed by atoms with van der Waals surface area (Å²) in [6, 6.07) is 16.9. The van der Waals surface area contributed by atoms with E-state index >= 15 is 0 Å². The SMILES string of the molecule is COc1ccc(/C=C/C(=O)c2cccc(-n3cccc3)c2)cc1Cn1nc(C)c([N+](=O)[O-])c1C. The van der Waals surface area contributed by atoms with E-state index in [-0.39, 0.29) is 11.5 Å². The number of methoxy groups -OCH3 is 1. The van der Waals surface area contributed by atoms with Crippen LogP contribution in [-0.4, -0.2) is 32.2 Å². The van der Waals surface area contributed by atoms with E-state index in [1.165, 1.54) is 6.08 Å². The van der Waals surface area contributed by atoms with Crippen LogP contribution in [-0.2, 0) is 6.54 Å². The summed E-state index contributed by atoms with van der Waals surface area (Å²) in [6.07, 6.45) is 7.14. The van der Waals surface area contributed by atoms with E-state index in [9.17, 15) is 14.9 Å². The van der Waals surface area contributed by atoms with E-state index in [0.717, 1.165) is 16.8 Å². The third kappa shape index (κ3) is 4.66. The van der Waals surface area contributed by atoms with Crippen LogP contribution < -0.4 is 4.74 Å². The van der Waals surface area contributed by atoms with Gasteiger partial charge in [0.15, 0.2) is 5.78 Å². The number of rotatable bonds is 8. The Morgan fingerprint density at radius 1 is 1.12 bits per heavy atom. The van der Waals surface area contributed by atoms with Gasteiger partial charge in [0.1, 0.15) is 17.1 Å². The number of nitro groups is 1. The molecular weight excluding hydrogens is 432 g/mol. The van der Waals surface area contributed by atoms with Crippen molar-refractivity contribution in [3.05, 3.63) is 111 Å². The molecule has 0 amide bonds. The summed E-state index contributed by atoms with van der Waals surface area (Å²) in [5.74, 6) is 0.527. The average molecular weight is 457 g/mol. The van der Waals surface area contributed by atoms with Crippen LogP contribution in [0.5, 0.6) is 5.75 Å². The number of allylic oxidation sites excluding steroid dienone is 1. The minimum absolute atomic E-state index is 0.0164. The summed E-state index contributed by atoms with van der Waals surface area (Å²) in [5.41, 5.74) is 3.96. The Morgan fingerprint density at radius 2 is 1.88 bits per heavy atom. The molecule has 0 radical (unpaired) electrons. The summed E-state index contributed by atoms with van der Waals surface area (Å²) >= 11 is 0. The molecule has 0 aliphatic rings. The van der Waals surface area contributed by atoms with Crippen molar-refractivity contribution in [2.24, 2.45) is 0 Å². The van der Waals surface area contributed by atoms with Gasteiger partial charge < -0.3 is 9.30 Å². The predicted molar refractivity (Wildman–Crippen MR) is 130 cm³/mol. The molecule has 2 aromatic carbocycles. The fourth-order valence-electron chi connectivity index (χ4n) is 3.89. The number of ketones is 1. The van der Waals surface area contributed by atoms with Crippen molar-refractivity contribution in [1.82, 2.24) is 14.3 Å². The molecule has 0 saturated heterocycles. The van der Waals surface area contributed by atoms with Crippen molar-refractivity contribution in [1.29, 1.82) is 0 Å². The fourth-order valence-corrected chi connectivity index (χ4v) is 3.89. The smallest absolute Gasteiger partial charge is 0.312 e. The van der Waals surface area contributed by atoms with Crippen LogP contribution in [0.15, 0.2) is 73.1 Å². The summed E-state index contributed by atoms with van der Waals surface area (Å²) in [7, 11) is 1.57. The molecule has 2 heterocycles. The molecule has 0 bridgehead atoms. The zero-order valence-corrected chi connectivity index (χ0v) is 19.1. The molecule has 8 heteroatoms. The van der Waals surface area contributed by atoms with Crippen LogP contribution in [0.1, 0.15) is 32.9 Å². The number of aromatic nitrogens is 3. The van der Waals surface area contributed by atoms with Crippen molar-refractivity contribution >= 4 is 17.5 Å². The van der Waals surface area contributed by atoms with Gasteiger partial charge in [-0.2, -0.15) is 5.10 Å². The van der Waals surface area contributed by atoms with Gasteiger partial charge in [-0.1, -0.05) is 24.3 Å². The molecule has 0 aliphatic heterocycles. The number of hydrogen-bond acceptors (Lipinski definition) is 5. The van der Waals surface area contributed by atoms with Gasteiger partial charge in [-0.15, -0.1) is 0 Å². The van der Waals surface area contributed by atoms with Gasteiger partial charge in [0, 0.05) is 29.2 Å². The highest BCUT2D eigenvalue weighted by molar-refractivity contribution is 6.07. The third-order valence-corrected chi connectivity index (χ3v) is 5.61. The molecule has 0 N–H and O–H groups in total. The molecule has 172 valence electrons. The number of hydrogen-bond donors (Lipinski definition) is 0. The van der Waals surface area contributed by atoms with E-state index < -0.39 is 4.92 Å². The van der Waals surface area contributed by atoms with Crippen LogP contribution in [0.3, 0.4) is 0 Å². The molecule has 0 fully saturated rings. The molecule has 8 nitrogen and oxygen atoms in total. The molecule has 4 aromatic rings. The van der Waals surface area contributed by atoms with E-state index in [0.29, 0.717) is 29.2 Å². The molecule has 0 saturated carbocycles. The van der Waals surface area contributed by atoms with Gasteiger partial charge in [-0.05, 0) is 61.9 Å².